The van der Waals surface area contributed by atoms with Crippen molar-refractivity contribution in [3.05, 3.63) is 28.2 Å². The molecule has 21 heavy (non-hydrogen) atoms. The number of aryl methyl sites for hydroxylation is 1. The predicted molar refractivity (Wildman–Crippen MR) is 82.4 cm³/mol. The second kappa shape index (κ2) is 7.19. The van der Waals surface area contributed by atoms with Gasteiger partial charge in [-0.05, 0) is 37.1 Å². The minimum absolute atomic E-state index is 0.120. The normalized spacial score (nSPS) is 10.3. The number of nitrogens with two attached hydrogens (primary N) is 1. The molecule has 8 heteroatoms. The molecule has 0 aliphatic carbocycles. The number of aromatic nitrogens is 3. The van der Waals surface area contributed by atoms with Gasteiger partial charge in [0.25, 0.3) is 0 Å². The molecule has 0 aliphatic rings. The van der Waals surface area contributed by atoms with Gasteiger partial charge in [-0.25, -0.2) is 5.84 Å². The molecular weight excluding hydrogens is 338 g/mol. The molecule has 0 bridgehead atoms. The maximum atomic E-state index is 5.67. The van der Waals surface area contributed by atoms with E-state index in [2.05, 4.69) is 36.3 Å². The van der Waals surface area contributed by atoms with Gasteiger partial charge in [-0.1, -0.05) is 22.9 Å². The van der Waals surface area contributed by atoms with Crippen molar-refractivity contribution in [3.8, 4) is 17.8 Å². The van der Waals surface area contributed by atoms with Gasteiger partial charge >= 0.3 is 12.0 Å². The minimum atomic E-state index is 0.120. The average Bonchev–Trinajstić information content (AvgIpc) is 2.48. The number of benzene rings is 1. The summed E-state index contributed by atoms with van der Waals surface area (Å²) in [5.74, 6) is 6.17. The Balaban J connectivity index is 2.25. The van der Waals surface area contributed by atoms with Crippen LogP contribution in [0.2, 0.25) is 0 Å². The van der Waals surface area contributed by atoms with Crippen LogP contribution in [0.4, 0.5) is 5.95 Å². The fourth-order valence-electron chi connectivity index (χ4n) is 1.53. The topological polar surface area (TPSA) is 95.2 Å². The Bertz CT molecular complexity index is 624. The lowest BCUT2D eigenvalue weighted by atomic mass is 10.2. The number of rotatable bonds is 6. The molecule has 0 spiro atoms. The van der Waals surface area contributed by atoms with Gasteiger partial charge in [0.2, 0.25) is 5.95 Å². The molecule has 0 unspecified atom stereocenters. The van der Waals surface area contributed by atoms with Gasteiger partial charge in [0, 0.05) is 4.47 Å². The number of nitrogen functional groups attached to an aromatic ring is 1. The number of nitrogens with one attached hydrogen (secondary N) is 1. The molecule has 1 heterocycles. The second-order valence-corrected chi connectivity index (χ2v) is 5.14. The molecule has 1 aromatic heterocycles. The van der Waals surface area contributed by atoms with Crippen LogP contribution in [0.25, 0.3) is 0 Å². The molecule has 0 amide bonds. The summed E-state index contributed by atoms with van der Waals surface area (Å²) in [6, 6.07) is 5.93. The van der Waals surface area contributed by atoms with E-state index in [4.69, 9.17) is 15.3 Å². The molecule has 2 rings (SSSR count). The number of ether oxygens (including phenoxy) is 2. The van der Waals surface area contributed by atoms with Gasteiger partial charge in [-0.2, -0.15) is 9.97 Å². The summed E-state index contributed by atoms with van der Waals surface area (Å²) >= 11 is 3.40. The second-order valence-electron chi connectivity index (χ2n) is 4.23. The third kappa shape index (κ3) is 4.27. The quantitative estimate of drug-likeness (QED) is 0.608. The van der Waals surface area contributed by atoms with Crippen molar-refractivity contribution < 1.29 is 9.47 Å². The first-order valence-electron chi connectivity index (χ1n) is 6.42. The summed E-state index contributed by atoms with van der Waals surface area (Å²) in [5, 5.41) is 0. The summed E-state index contributed by atoms with van der Waals surface area (Å²) < 4.78 is 12.0. The standard InChI is InChI=1S/C13H16BrN5O2/c1-3-6-20-12-16-11(19-15)17-13(18-12)21-10-5-4-9(14)7-8(10)2/h4-5,7H,3,6,15H2,1-2H3,(H,16,17,18,19). The van der Waals surface area contributed by atoms with E-state index in [1.807, 2.05) is 32.0 Å². The van der Waals surface area contributed by atoms with E-state index in [1.54, 1.807) is 0 Å². The molecule has 0 saturated heterocycles. The largest absolute Gasteiger partial charge is 0.463 e. The van der Waals surface area contributed by atoms with E-state index in [-0.39, 0.29) is 18.0 Å². The number of anilines is 1. The van der Waals surface area contributed by atoms with Crippen molar-refractivity contribution in [3.63, 3.8) is 0 Å². The number of halogens is 1. The van der Waals surface area contributed by atoms with E-state index < -0.39 is 0 Å². The monoisotopic (exact) mass is 353 g/mol. The molecule has 2 aromatic rings. The van der Waals surface area contributed by atoms with Crippen molar-refractivity contribution in [1.29, 1.82) is 0 Å². The van der Waals surface area contributed by atoms with Crippen LogP contribution in [-0.4, -0.2) is 21.6 Å². The van der Waals surface area contributed by atoms with Crippen LogP contribution in [0, 0.1) is 6.92 Å². The van der Waals surface area contributed by atoms with E-state index in [0.717, 1.165) is 16.5 Å². The Hall–Kier alpha value is -1.93. The molecule has 1 aromatic carbocycles. The Morgan fingerprint density at radius 3 is 2.67 bits per heavy atom. The van der Waals surface area contributed by atoms with Crippen LogP contribution in [0.1, 0.15) is 18.9 Å². The molecule has 0 fully saturated rings. The van der Waals surface area contributed by atoms with Gasteiger partial charge in [0.15, 0.2) is 0 Å². The molecule has 112 valence electrons. The van der Waals surface area contributed by atoms with Crippen LogP contribution in [0.15, 0.2) is 22.7 Å². The summed E-state index contributed by atoms with van der Waals surface area (Å²) in [6.45, 7) is 4.43. The summed E-state index contributed by atoms with van der Waals surface area (Å²) in [5.41, 5.74) is 3.31. The molecule has 0 radical (unpaired) electrons. The Labute approximate surface area is 131 Å². The number of hydrogen-bond donors (Lipinski definition) is 2. The summed E-state index contributed by atoms with van der Waals surface area (Å²) in [4.78, 5) is 12.1. The maximum Gasteiger partial charge on any atom is 0.330 e. The van der Waals surface area contributed by atoms with Crippen molar-refractivity contribution in [2.75, 3.05) is 12.0 Å². The van der Waals surface area contributed by atoms with Gasteiger partial charge in [-0.15, -0.1) is 4.98 Å². The first-order valence-corrected chi connectivity index (χ1v) is 7.21. The van der Waals surface area contributed by atoms with Crippen LogP contribution >= 0.6 is 15.9 Å². The molecule has 7 nitrogen and oxygen atoms in total. The fourth-order valence-corrected chi connectivity index (χ4v) is 2.01. The minimum Gasteiger partial charge on any atom is -0.463 e. The van der Waals surface area contributed by atoms with Crippen LogP contribution in [0.3, 0.4) is 0 Å². The zero-order valence-corrected chi connectivity index (χ0v) is 13.3. The van der Waals surface area contributed by atoms with E-state index in [9.17, 15) is 0 Å². The molecule has 0 saturated carbocycles. The Kier molecular flexibility index (Phi) is 5.29. The van der Waals surface area contributed by atoms with Crippen molar-refractivity contribution in [2.24, 2.45) is 5.84 Å². The van der Waals surface area contributed by atoms with E-state index in [0.29, 0.717) is 12.4 Å². The number of hydrazine groups is 1. The van der Waals surface area contributed by atoms with Gasteiger partial charge in [-0.3, -0.25) is 5.43 Å². The van der Waals surface area contributed by atoms with E-state index in [1.165, 1.54) is 0 Å². The molecule has 0 aliphatic heterocycles. The zero-order valence-electron chi connectivity index (χ0n) is 11.8. The van der Waals surface area contributed by atoms with Gasteiger partial charge in [0.05, 0.1) is 6.61 Å². The SMILES string of the molecule is CCCOc1nc(NN)nc(Oc2ccc(Br)cc2C)n1. The van der Waals surface area contributed by atoms with Gasteiger partial charge < -0.3 is 9.47 Å². The fraction of sp³-hybridized carbons (Fsp3) is 0.308. The first kappa shape index (κ1) is 15.5. The Morgan fingerprint density at radius 1 is 1.24 bits per heavy atom. The molecular formula is C13H16BrN5O2. The lowest BCUT2D eigenvalue weighted by Crippen LogP contribution is -2.13. The van der Waals surface area contributed by atoms with E-state index >= 15 is 0 Å². The van der Waals surface area contributed by atoms with Crippen molar-refractivity contribution in [2.45, 2.75) is 20.3 Å². The first-order chi connectivity index (χ1) is 10.1. The summed E-state index contributed by atoms with van der Waals surface area (Å²) in [6.07, 6.45) is 0.846. The number of hydrogen-bond acceptors (Lipinski definition) is 7. The molecule has 0 atom stereocenters. The lowest BCUT2D eigenvalue weighted by Gasteiger charge is -2.10. The van der Waals surface area contributed by atoms with Crippen LogP contribution < -0.4 is 20.7 Å². The van der Waals surface area contributed by atoms with Crippen molar-refractivity contribution >= 4 is 21.9 Å². The smallest absolute Gasteiger partial charge is 0.330 e. The highest BCUT2D eigenvalue weighted by Crippen LogP contribution is 2.26. The average molecular weight is 354 g/mol. The zero-order chi connectivity index (χ0) is 15.2. The number of nitrogens with zero attached hydrogens (tertiary/aromatic N) is 3. The van der Waals surface area contributed by atoms with Gasteiger partial charge in [0.1, 0.15) is 5.75 Å². The molecule has 3 N–H and O–H groups in total. The lowest BCUT2D eigenvalue weighted by molar-refractivity contribution is 0.285. The third-order valence-electron chi connectivity index (χ3n) is 2.50. The highest BCUT2D eigenvalue weighted by atomic mass is 79.9. The van der Waals surface area contributed by atoms with Crippen LogP contribution in [-0.2, 0) is 0 Å². The maximum absolute atomic E-state index is 5.67. The summed E-state index contributed by atoms with van der Waals surface area (Å²) in [7, 11) is 0. The predicted octanol–water partition coefficient (Wildman–Crippen LogP) is 2.81. The highest BCUT2D eigenvalue weighted by Gasteiger charge is 2.10. The van der Waals surface area contributed by atoms with Crippen LogP contribution in [0.5, 0.6) is 17.8 Å². The Morgan fingerprint density at radius 2 is 2.00 bits per heavy atom. The third-order valence-corrected chi connectivity index (χ3v) is 2.99. The van der Waals surface area contributed by atoms with Crippen molar-refractivity contribution in [1.82, 2.24) is 15.0 Å². The highest BCUT2D eigenvalue weighted by molar-refractivity contribution is 9.10.